The van der Waals surface area contributed by atoms with Crippen molar-refractivity contribution in [2.45, 2.75) is 47.9 Å². The highest BCUT2D eigenvalue weighted by Crippen LogP contribution is 2.34. The second-order valence-corrected chi connectivity index (χ2v) is 7.68. The van der Waals surface area contributed by atoms with Gasteiger partial charge in [-0.05, 0) is 43.9 Å². The third-order valence-electron chi connectivity index (χ3n) is 4.24. The first kappa shape index (κ1) is 15.6. The molecule has 1 unspecified atom stereocenters. The molecule has 2 aliphatic rings. The van der Waals surface area contributed by atoms with Crippen molar-refractivity contribution >= 4 is 22.2 Å². The summed E-state index contributed by atoms with van der Waals surface area (Å²) in [7, 11) is -1.69. The maximum Gasteiger partial charge on any atom is 0.181 e. The standard InChI is InChI=1S/C14H19NO3S.ClH/c1-18-12-3-2-4-13(9-12)19(16,17)14-7-10-5-6-11(8-14)15-10;/h2-4,9-11,14-15H,5-8H2,1H3;1H/t10-,11+,14?;. The van der Waals surface area contributed by atoms with E-state index in [2.05, 4.69) is 5.32 Å². The summed E-state index contributed by atoms with van der Waals surface area (Å²) in [6, 6.07) is 7.56. The molecule has 1 aromatic rings. The number of rotatable bonds is 3. The highest BCUT2D eigenvalue weighted by atomic mass is 35.5. The van der Waals surface area contributed by atoms with Gasteiger partial charge < -0.3 is 10.1 Å². The SMILES string of the molecule is COc1cccc(S(=O)(=O)C2C[C@H]3CC[C@@H](C2)N3)c1.Cl. The fraction of sp³-hybridized carbons (Fsp3) is 0.571. The highest BCUT2D eigenvalue weighted by molar-refractivity contribution is 7.92. The lowest BCUT2D eigenvalue weighted by atomic mass is 10.1. The number of piperidine rings is 1. The quantitative estimate of drug-likeness (QED) is 0.928. The second kappa shape index (κ2) is 5.92. The molecule has 6 heteroatoms. The molecule has 2 aliphatic heterocycles. The van der Waals surface area contributed by atoms with Gasteiger partial charge in [-0.25, -0.2) is 8.42 Å². The molecule has 20 heavy (non-hydrogen) atoms. The molecular weight excluding hydrogens is 298 g/mol. The Morgan fingerprint density at radius 1 is 1.20 bits per heavy atom. The van der Waals surface area contributed by atoms with E-state index in [0.717, 1.165) is 25.7 Å². The molecule has 0 spiro atoms. The van der Waals surface area contributed by atoms with Gasteiger partial charge >= 0.3 is 0 Å². The molecule has 2 bridgehead atoms. The second-order valence-electron chi connectivity index (χ2n) is 5.46. The van der Waals surface area contributed by atoms with Crippen LogP contribution in [0.25, 0.3) is 0 Å². The van der Waals surface area contributed by atoms with Crippen LogP contribution < -0.4 is 10.1 Å². The van der Waals surface area contributed by atoms with Crippen molar-refractivity contribution in [3.8, 4) is 5.75 Å². The first-order valence-corrected chi connectivity index (χ1v) is 8.28. The molecule has 3 atom stereocenters. The van der Waals surface area contributed by atoms with Gasteiger partial charge in [0, 0.05) is 12.1 Å². The van der Waals surface area contributed by atoms with Crippen molar-refractivity contribution in [1.82, 2.24) is 5.32 Å². The van der Waals surface area contributed by atoms with Crippen LogP contribution in [0.15, 0.2) is 29.2 Å². The molecule has 0 radical (unpaired) electrons. The predicted molar refractivity (Wildman–Crippen MR) is 80.4 cm³/mol. The van der Waals surface area contributed by atoms with Crippen LogP contribution in [0, 0.1) is 0 Å². The molecule has 4 nitrogen and oxygen atoms in total. The Morgan fingerprint density at radius 3 is 2.45 bits per heavy atom. The van der Waals surface area contributed by atoms with Crippen molar-refractivity contribution < 1.29 is 13.2 Å². The smallest absolute Gasteiger partial charge is 0.181 e. The largest absolute Gasteiger partial charge is 0.497 e. The van der Waals surface area contributed by atoms with E-state index in [4.69, 9.17) is 4.74 Å². The van der Waals surface area contributed by atoms with Gasteiger partial charge in [0.2, 0.25) is 0 Å². The first-order chi connectivity index (χ1) is 9.09. The Labute approximate surface area is 126 Å². The van der Waals surface area contributed by atoms with Crippen LogP contribution in [0.2, 0.25) is 0 Å². The number of benzene rings is 1. The zero-order valence-electron chi connectivity index (χ0n) is 11.4. The van der Waals surface area contributed by atoms with Crippen LogP contribution >= 0.6 is 12.4 Å². The van der Waals surface area contributed by atoms with Crippen LogP contribution in [0.5, 0.6) is 5.75 Å². The first-order valence-electron chi connectivity index (χ1n) is 6.73. The average molecular weight is 318 g/mol. The average Bonchev–Trinajstić information content (AvgIpc) is 2.77. The Bertz CT molecular complexity index is 564. The van der Waals surface area contributed by atoms with Crippen LogP contribution in [0.4, 0.5) is 0 Å². The highest BCUT2D eigenvalue weighted by Gasteiger charge is 2.40. The number of methoxy groups -OCH3 is 1. The monoisotopic (exact) mass is 317 g/mol. The summed E-state index contributed by atoms with van der Waals surface area (Å²) < 4.78 is 30.5. The van der Waals surface area contributed by atoms with E-state index in [1.807, 2.05) is 0 Å². The van der Waals surface area contributed by atoms with Crippen molar-refractivity contribution in [2.24, 2.45) is 0 Å². The Hall–Kier alpha value is -0.780. The molecule has 1 N–H and O–H groups in total. The predicted octanol–water partition coefficient (Wildman–Crippen LogP) is 2.17. The molecule has 0 aliphatic carbocycles. The van der Waals surface area contributed by atoms with E-state index in [0.29, 0.717) is 22.7 Å². The van der Waals surface area contributed by atoms with Crippen molar-refractivity contribution in [3.05, 3.63) is 24.3 Å². The van der Waals surface area contributed by atoms with E-state index in [1.54, 1.807) is 31.4 Å². The van der Waals surface area contributed by atoms with Gasteiger partial charge in [-0.15, -0.1) is 12.4 Å². The number of hydrogen-bond donors (Lipinski definition) is 1. The number of ether oxygens (including phenoxy) is 1. The Morgan fingerprint density at radius 2 is 1.85 bits per heavy atom. The van der Waals surface area contributed by atoms with E-state index >= 15 is 0 Å². The molecule has 112 valence electrons. The lowest BCUT2D eigenvalue weighted by Gasteiger charge is -2.28. The third-order valence-corrected chi connectivity index (χ3v) is 6.41. The summed E-state index contributed by atoms with van der Waals surface area (Å²) in [4.78, 5) is 0.387. The van der Waals surface area contributed by atoms with Crippen LogP contribution in [0.3, 0.4) is 0 Å². The van der Waals surface area contributed by atoms with Crippen LogP contribution in [-0.4, -0.2) is 32.9 Å². The summed E-state index contributed by atoms with van der Waals surface area (Å²) >= 11 is 0. The summed E-state index contributed by atoms with van der Waals surface area (Å²) in [5.74, 6) is 0.595. The molecule has 2 heterocycles. The van der Waals surface area contributed by atoms with Crippen molar-refractivity contribution in [3.63, 3.8) is 0 Å². The fourth-order valence-corrected chi connectivity index (χ4v) is 5.13. The Kier molecular flexibility index (Phi) is 4.62. The normalized spacial score (nSPS) is 28.8. The molecule has 0 amide bonds. The molecule has 2 fully saturated rings. The lowest BCUT2D eigenvalue weighted by molar-refractivity contribution is 0.400. The van der Waals surface area contributed by atoms with E-state index < -0.39 is 9.84 Å². The minimum Gasteiger partial charge on any atom is -0.497 e. The van der Waals surface area contributed by atoms with Crippen LogP contribution in [-0.2, 0) is 9.84 Å². The van der Waals surface area contributed by atoms with Gasteiger partial charge in [0.05, 0.1) is 17.3 Å². The maximum absolute atomic E-state index is 12.7. The van der Waals surface area contributed by atoms with Gasteiger partial charge in [-0.3, -0.25) is 0 Å². The molecule has 0 aromatic heterocycles. The zero-order chi connectivity index (χ0) is 13.5. The summed E-state index contributed by atoms with van der Waals surface area (Å²) in [6.07, 6.45) is 3.68. The molecule has 3 rings (SSSR count). The van der Waals surface area contributed by atoms with E-state index in [9.17, 15) is 8.42 Å². The van der Waals surface area contributed by atoms with Gasteiger partial charge in [0.1, 0.15) is 5.75 Å². The topological polar surface area (TPSA) is 55.4 Å². The number of sulfone groups is 1. The van der Waals surface area contributed by atoms with Crippen molar-refractivity contribution in [2.75, 3.05) is 7.11 Å². The zero-order valence-corrected chi connectivity index (χ0v) is 13.0. The lowest BCUT2D eigenvalue weighted by Crippen LogP contribution is -2.43. The third kappa shape index (κ3) is 2.80. The Balaban J connectivity index is 0.00000147. The summed E-state index contributed by atoms with van der Waals surface area (Å²) in [5.41, 5.74) is 0. The number of fused-ring (bicyclic) bond motifs is 2. The van der Waals surface area contributed by atoms with Crippen molar-refractivity contribution in [1.29, 1.82) is 0 Å². The van der Waals surface area contributed by atoms with Gasteiger partial charge in [0.25, 0.3) is 0 Å². The maximum atomic E-state index is 12.7. The molecule has 0 saturated carbocycles. The number of hydrogen-bond acceptors (Lipinski definition) is 4. The van der Waals surface area contributed by atoms with Gasteiger partial charge in [-0.1, -0.05) is 6.07 Å². The van der Waals surface area contributed by atoms with Crippen LogP contribution in [0.1, 0.15) is 25.7 Å². The number of nitrogens with one attached hydrogen (secondary N) is 1. The van der Waals surface area contributed by atoms with Gasteiger partial charge in [-0.2, -0.15) is 0 Å². The van der Waals surface area contributed by atoms with E-state index in [1.165, 1.54) is 0 Å². The summed E-state index contributed by atoms with van der Waals surface area (Å²) in [5, 5.41) is 3.23. The van der Waals surface area contributed by atoms with E-state index in [-0.39, 0.29) is 17.7 Å². The summed E-state index contributed by atoms with van der Waals surface area (Å²) in [6.45, 7) is 0. The molecule has 1 aromatic carbocycles. The molecular formula is C14H20ClNO3S. The minimum absolute atomic E-state index is 0. The minimum atomic E-state index is -3.24. The fourth-order valence-electron chi connectivity index (χ4n) is 3.23. The molecule has 2 saturated heterocycles. The van der Waals surface area contributed by atoms with Gasteiger partial charge in [0.15, 0.2) is 9.84 Å². The number of halogens is 1.